The second-order valence-corrected chi connectivity index (χ2v) is 10.1. The lowest BCUT2D eigenvalue weighted by atomic mass is 10.3. The fourth-order valence-corrected chi connectivity index (χ4v) is 3.33. The third kappa shape index (κ3) is 7.52. The fourth-order valence-electron chi connectivity index (χ4n) is 1.61. The molecule has 0 aliphatic heterocycles. The van der Waals surface area contributed by atoms with E-state index in [1.807, 2.05) is 0 Å². The van der Waals surface area contributed by atoms with Crippen molar-refractivity contribution in [2.75, 3.05) is 6.26 Å². The highest BCUT2D eigenvalue weighted by Gasteiger charge is 2.48. The number of benzene rings is 2. The van der Waals surface area contributed by atoms with E-state index in [-0.39, 0.29) is 15.5 Å². The van der Waals surface area contributed by atoms with Crippen LogP contribution in [0.3, 0.4) is 0 Å². The van der Waals surface area contributed by atoms with Crippen molar-refractivity contribution in [3.05, 3.63) is 48.5 Å². The quantitative estimate of drug-likeness (QED) is 0.381. The Labute approximate surface area is 164 Å². The normalized spacial score (nSPS) is 12.6. The maximum atomic E-state index is 12.3. The second-order valence-electron chi connectivity index (χ2n) is 5.18. The predicted octanol–water partition coefficient (Wildman–Crippen LogP) is 1.96. The Morgan fingerprint density at radius 1 is 0.793 bits per heavy atom. The first-order valence-corrected chi connectivity index (χ1v) is 11.7. The van der Waals surface area contributed by atoms with E-state index in [0.29, 0.717) is 6.26 Å². The van der Waals surface area contributed by atoms with Gasteiger partial charge in [-0.2, -0.15) is 30.0 Å². The minimum atomic E-state index is -5.83. The van der Waals surface area contributed by atoms with E-state index in [4.69, 9.17) is 9.66 Å². The van der Waals surface area contributed by atoms with Crippen LogP contribution in [0.2, 0.25) is 0 Å². The number of halogens is 3. The van der Waals surface area contributed by atoms with Crippen molar-refractivity contribution in [1.29, 1.82) is 0 Å². The van der Waals surface area contributed by atoms with Crippen LogP contribution in [0.15, 0.2) is 58.3 Å². The molecule has 0 saturated carbocycles. The van der Waals surface area contributed by atoms with Gasteiger partial charge in [-0.25, -0.2) is 8.42 Å². The zero-order valence-corrected chi connectivity index (χ0v) is 16.7. The van der Waals surface area contributed by atoms with Crippen LogP contribution in [0.5, 0.6) is 11.5 Å². The largest absolute Gasteiger partial charge is 0.534 e. The van der Waals surface area contributed by atoms with Crippen LogP contribution in [0.25, 0.3) is 0 Å². The Morgan fingerprint density at radius 3 is 1.48 bits per heavy atom. The molecule has 0 heterocycles. The van der Waals surface area contributed by atoms with Gasteiger partial charge in [-0.1, -0.05) is 0 Å². The lowest BCUT2D eigenvalue weighted by molar-refractivity contribution is -0.0500. The van der Waals surface area contributed by atoms with Crippen LogP contribution in [0.4, 0.5) is 13.2 Å². The number of hydrogen-bond acceptors (Lipinski definition) is 8. The lowest BCUT2D eigenvalue weighted by Gasteiger charge is -2.10. The van der Waals surface area contributed by atoms with E-state index in [1.165, 1.54) is 0 Å². The molecule has 0 aromatic heterocycles. The van der Waals surface area contributed by atoms with Gasteiger partial charge < -0.3 is 9.29 Å². The molecule has 0 bridgehead atoms. The van der Waals surface area contributed by atoms with E-state index in [2.05, 4.69) is 4.18 Å². The van der Waals surface area contributed by atoms with Crippen LogP contribution in [-0.4, -0.2) is 46.7 Å². The maximum absolute atomic E-state index is 12.3. The number of phenols is 1. The van der Waals surface area contributed by atoms with E-state index in [1.54, 1.807) is 0 Å². The third-order valence-electron chi connectivity index (χ3n) is 2.77. The van der Waals surface area contributed by atoms with Gasteiger partial charge in [-0.3, -0.25) is 4.55 Å². The zero-order chi connectivity index (χ0) is 22.7. The molecule has 9 nitrogen and oxygen atoms in total. The number of alkyl halides is 3. The van der Waals surface area contributed by atoms with Crippen LogP contribution in [-0.2, 0) is 30.1 Å². The van der Waals surface area contributed by atoms with Crippen molar-refractivity contribution in [2.45, 2.75) is 15.3 Å². The Kier molecular flexibility index (Phi) is 7.29. The summed E-state index contributed by atoms with van der Waals surface area (Å²) in [6, 6.07) is 7.98. The molecular formula is C14H13F3O9S3. The lowest BCUT2D eigenvalue weighted by Crippen LogP contribution is -2.28. The molecule has 29 heavy (non-hydrogen) atoms. The van der Waals surface area contributed by atoms with Crippen LogP contribution in [0.1, 0.15) is 0 Å². The molecule has 0 atom stereocenters. The molecular weight excluding hydrogens is 465 g/mol. The smallest absolute Gasteiger partial charge is 0.508 e. The summed E-state index contributed by atoms with van der Waals surface area (Å²) in [6.07, 6.45) is 0.715. The first kappa shape index (κ1) is 24.7. The average Bonchev–Trinajstić information content (AvgIpc) is 2.53. The van der Waals surface area contributed by atoms with Gasteiger partial charge in [0.05, 0.1) is 16.0 Å². The van der Waals surface area contributed by atoms with E-state index < -0.39 is 41.3 Å². The van der Waals surface area contributed by atoms with Gasteiger partial charge in [-0.15, -0.1) is 0 Å². The van der Waals surface area contributed by atoms with Crippen LogP contribution < -0.4 is 4.18 Å². The number of hydrogen-bond donors (Lipinski definition) is 2. The Bertz CT molecular complexity index is 1140. The first-order valence-electron chi connectivity index (χ1n) is 7.01. The maximum Gasteiger partial charge on any atom is 0.534 e. The van der Waals surface area contributed by atoms with Gasteiger partial charge in [-0.05, 0) is 48.5 Å². The van der Waals surface area contributed by atoms with Gasteiger partial charge in [0.25, 0.3) is 10.1 Å². The Morgan fingerprint density at radius 2 is 1.14 bits per heavy atom. The molecule has 2 aromatic rings. The third-order valence-corrected chi connectivity index (χ3v) is 5.53. The average molecular weight is 478 g/mol. The van der Waals surface area contributed by atoms with E-state index in [9.17, 15) is 38.4 Å². The SMILES string of the molecule is CS(=O)(=O)O.O=S(=O)(c1ccc(O)cc1)c1ccc(OS(=O)(=O)C(F)(F)F)cc1. The standard InChI is InChI=1S/C13H9F3O6S2.CH4O3S/c14-13(15,16)24(20,21)22-10-3-7-12(8-4-10)23(18,19)11-5-1-9(17)2-6-11;1-5(2,3)4/h1-8,17H;1H3,(H,2,3,4). The molecule has 15 heteroatoms. The summed E-state index contributed by atoms with van der Waals surface area (Å²) >= 11 is 0. The minimum Gasteiger partial charge on any atom is -0.508 e. The molecule has 0 aliphatic carbocycles. The van der Waals surface area contributed by atoms with E-state index >= 15 is 0 Å². The monoisotopic (exact) mass is 478 g/mol. The van der Waals surface area contributed by atoms with Crippen molar-refractivity contribution in [1.82, 2.24) is 0 Å². The van der Waals surface area contributed by atoms with Crippen molar-refractivity contribution >= 4 is 30.1 Å². The summed E-state index contributed by atoms with van der Waals surface area (Å²) < 4.78 is 113. The van der Waals surface area contributed by atoms with Gasteiger partial charge in [0.2, 0.25) is 9.84 Å². The summed E-state index contributed by atoms with van der Waals surface area (Å²) in [5.74, 6) is -0.827. The molecule has 0 amide bonds. The molecule has 0 unspecified atom stereocenters. The minimum absolute atomic E-state index is 0.143. The number of phenolic OH excluding ortho intramolecular Hbond substituents is 1. The predicted molar refractivity (Wildman–Crippen MR) is 93.1 cm³/mol. The summed E-state index contributed by atoms with van der Waals surface area (Å²) in [5.41, 5.74) is -5.59. The highest BCUT2D eigenvalue weighted by Crippen LogP contribution is 2.29. The topological polar surface area (TPSA) is 152 Å². The molecule has 0 radical (unpaired) electrons. The van der Waals surface area contributed by atoms with Crippen molar-refractivity contribution in [3.63, 3.8) is 0 Å². The summed E-state index contributed by atoms with van der Waals surface area (Å²) in [5, 5.41) is 9.14. The molecule has 2 N–H and O–H groups in total. The molecule has 0 aliphatic rings. The second kappa shape index (κ2) is 8.56. The van der Waals surface area contributed by atoms with Gasteiger partial charge in [0, 0.05) is 0 Å². The number of sulfone groups is 1. The van der Waals surface area contributed by atoms with Crippen LogP contribution >= 0.6 is 0 Å². The Balaban J connectivity index is 0.000000749. The van der Waals surface area contributed by atoms with Crippen molar-refractivity contribution in [3.8, 4) is 11.5 Å². The molecule has 0 spiro atoms. The zero-order valence-electron chi connectivity index (χ0n) is 14.2. The van der Waals surface area contributed by atoms with Crippen LogP contribution in [0, 0.1) is 0 Å². The number of rotatable bonds is 4. The van der Waals surface area contributed by atoms with Gasteiger partial charge >= 0.3 is 15.6 Å². The summed E-state index contributed by atoms with van der Waals surface area (Å²) in [6.45, 7) is 0. The fraction of sp³-hybridized carbons (Fsp3) is 0.143. The number of aromatic hydroxyl groups is 1. The Hall–Kier alpha value is -2.36. The molecule has 0 fully saturated rings. The van der Waals surface area contributed by atoms with Crippen molar-refractivity contribution in [2.24, 2.45) is 0 Å². The van der Waals surface area contributed by atoms with Gasteiger partial charge in [0.1, 0.15) is 11.5 Å². The summed E-state index contributed by atoms with van der Waals surface area (Å²) in [4.78, 5) is -0.443. The molecule has 2 aromatic carbocycles. The highest BCUT2D eigenvalue weighted by molar-refractivity contribution is 7.91. The molecule has 0 saturated heterocycles. The summed E-state index contributed by atoms with van der Waals surface area (Å²) in [7, 11) is -13.5. The highest BCUT2D eigenvalue weighted by atomic mass is 32.2. The molecule has 162 valence electrons. The van der Waals surface area contributed by atoms with Crippen molar-refractivity contribution < 1.29 is 52.3 Å². The molecule has 2 rings (SSSR count). The first-order chi connectivity index (χ1) is 12.9. The van der Waals surface area contributed by atoms with E-state index in [0.717, 1.165) is 48.5 Å². The van der Waals surface area contributed by atoms with Gasteiger partial charge in [0.15, 0.2) is 0 Å².